The van der Waals surface area contributed by atoms with Crippen LogP contribution in [0.1, 0.15) is 52.4 Å². The van der Waals surface area contributed by atoms with Crippen molar-refractivity contribution in [3.8, 4) is 0 Å². The van der Waals surface area contributed by atoms with Gasteiger partial charge in [0.25, 0.3) is 0 Å². The molecule has 0 radical (unpaired) electrons. The first-order chi connectivity index (χ1) is 8.60. The van der Waals surface area contributed by atoms with Gasteiger partial charge in [0.1, 0.15) is 6.04 Å². The van der Waals surface area contributed by atoms with Crippen molar-refractivity contribution < 1.29 is 14.7 Å². The third-order valence-electron chi connectivity index (χ3n) is 3.53. The van der Waals surface area contributed by atoms with Crippen molar-refractivity contribution in [3.05, 3.63) is 0 Å². The van der Waals surface area contributed by atoms with Crippen molar-refractivity contribution in [1.82, 2.24) is 10.2 Å². The van der Waals surface area contributed by atoms with Crippen molar-refractivity contribution in [2.75, 3.05) is 6.54 Å². The number of hydrogen-bond donors (Lipinski definition) is 2. The molecule has 0 saturated carbocycles. The Morgan fingerprint density at radius 1 is 1.39 bits per heavy atom. The van der Waals surface area contributed by atoms with E-state index in [2.05, 4.69) is 12.2 Å². The van der Waals surface area contributed by atoms with E-state index in [-0.39, 0.29) is 12.1 Å². The molecule has 0 aromatic carbocycles. The maximum atomic E-state index is 12.1. The Labute approximate surface area is 109 Å². The number of carboxylic acids is 1. The zero-order valence-electron chi connectivity index (χ0n) is 11.3. The number of carboxylic acid groups (broad SMARTS) is 1. The summed E-state index contributed by atoms with van der Waals surface area (Å²) in [5.74, 6) is -0.949. The molecule has 1 aliphatic heterocycles. The van der Waals surface area contributed by atoms with Crippen LogP contribution in [0.4, 0.5) is 4.79 Å². The summed E-state index contributed by atoms with van der Waals surface area (Å²) >= 11 is 0. The Hall–Kier alpha value is -1.26. The molecule has 1 heterocycles. The maximum Gasteiger partial charge on any atom is 0.326 e. The zero-order chi connectivity index (χ0) is 13.5. The van der Waals surface area contributed by atoms with Crippen molar-refractivity contribution >= 4 is 12.0 Å². The molecule has 0 bridgehead atoms. The molecule has 0 spiro atoms. The minimum atomic E-state index is -0.949. The summed E-state index contributed by atoms with van der Waals surface area (Å²) < 4.78 is 0. The molecule has 2 atom stereocenters. The van der Waals surface area contributed by atoms with Crippen LogP contribution in [0.2, 0.25) is 0 Å². The first-order valence-electron chi connectivity index (χ1n) is 6.90. The summed E-state index contributed by atoms with van der Waals surface area (Å²) in [6.45, 7) is 4.72. The van der Waals surface area contributed by atoms with E-state index in [1.807, 2.05) is 6.92 Å². The molecule has 1 rings (SSSR count). The van der Waals surface area contributed by atoms with Crippen LogP contribution in [-0.4, -0.2) is 40.6 Å². The summed E-state index contributed by atoms with van der Waals surface area (Å²) in [6, 6.07) is -0.723. The second kappa shape index (κ2) is 7.24. The van der Waals surface area contributed by atoms with E-state index in [1.54, 1.807) is 4.90 Å². The van der Waals surface area contributed by atoms with E-state index in [9.17, 15) is 9.59 Å². The van der Waals surface area contributed by atoms with Gasteiger partial charge in [-0.3, -0.25) is 0 Å². The molecule has 1 aliphatic rings. The Morgan fingerprint density at radius 2 is 2.11 bits per heavy atom. The Bertz CT molecular complexity index is 294. The zero-order valence-corrected chi connectivity index (χ0v) is 11.3. The summed E-state index contributed by atoms with van der Waals surface area (Å²) in [5.41, 5.74) is 0. The number of piperidine rings is 1. The van der Waals surface area contributed by atoms with Crippen LogP contribution >= 0.6 is 0 Å². The quantitative estimate of drug-likeness (QED) is 0.792. The Morgan fingerprint density at radius 3 is 2.67 bits per heavy atom. The van der Waals surface area contributed by atoms with Gasteiger partial charge in [0, 0.05) is 12.6 Å². The number of carbonyl (C=O) groups is 2. The number of carbonyl (C=O) groups excluding carboxylic acids is 1. The number of nitrogens with one attached hydrogen (secondary N) is 1. The topological polar surface area (TPSA) is 69.6 Å². The molecule has 0 aliphatic carbocycles. The van der Waals surface area contributed by atoms with Crippen molar-refractivity contribution in [2.24, 2.45) is 0 Å². The number of amides is 2. The number of nitrogens with zero attached hydrogens (tertiary/aromatic N) is 1. The highest BCUT2D eigenvalue weighted by molar-refractivity contribution is 5.82. The molecule has 0 aromatic heterocycles. The molecule has 1 fully saturated rings. The molecule has 0 aromatic rings. The second-order valence-electron chi connectivity index (χ2n) is 4.88. The number of likely N-dealkylation sites (tertiary alicyclic amines) is 1. The van der Waals surface area contributed by atoms with Gasteiger partial charge in [-0.15, -0.1) is 0 Å². The van der Waals surface area contributed by atoms with E-state index < -0.39 is 12.0 Å². The highest BCUT2D eigenvalue weighted by atomic mass is 16.4. The van der Waals surface area contributed by atoms with E-state index >= 15 is 0 Å². The van der Waals surface area contributed by atoms with Crippen LogP contribution < -0.4 is 5.32 Å². The number of urea groups is 1. The van der Waals surface area contributed by atoms with E-state index in [4.69, 9.17) is 5.11 Å². The first kappa shape index (κ1) is 14.8. The fourth-order valence-corrected chi connectivity index (χ4v) is 2.47. The van der Waals surface area contributed by atoms with E-state index in [0.29, 0.717) is 6.42 Å². The van der Waals surface area contributed by atoms with Crippen LogP contribution in [0.5, 0.6) is 0 Å². The maximum absolute atomic E-state index is 12.1. The monoisotopic (exact) mass is 256 g/mol. The van der Waals surface area contributed by atoms with Gasteiger partial charge in [-0.1, -0.05) is 20.3 Å². The van der Waals surface area contributed by atoms with Crippen LogP contribution in [-0.2, 0) is 4.79 Å². The van der Waals surface area contributed by atoms with Gasteiger partial charge in [0.05, 0.1) is 0 Å². The molecular formula is C13H24N2O3. The number of hydrogen-bond acceptors (Lipinski definition) is 2. The molecule has 1 unspecified atom stereocenters. The molecule has 18 heavy (non-hydrogen) atoms. The van der Waals surface area contributed by atoms with Crippen LogP contribution in [0.3, 0.4) is 0 Å². The predicted molar refractivity (Wildman–Crippen MR) is 69.5 cm³/mol. The van der Waals surface area contributed by atoms with Gasteiger partial charge in [-0.2, -0.15) is 0 Å². The van der Waals surface area contributed by atoms with Gasteiger partial charge in [0.15, 0.2) is 0 Å². The lowest BCUT2D eigenvalue weighted by Crippen LogP contribution is -2.52. The van der Waals surface area contributed by atoms with Crippen molar-refractivity contribution in [3.63, 3.8) is 0 Å². The third kappa shape index (κ3) is 3.89. The molecule has 5 nitrogen and oxygen atoms in total. The molecule has 5 heteroatoms. The number of rotatable bonds is 5. The Kier molecular flexibility index (Phi) is 5.95. The van der Waals surface area contributed by atoms with Crippen LogP contribution in [0.25, 0.3) is 0 Å². The highest BCUT2D eigenvalue weighted by Gasteiger charge is 2.28. The predicted octanol–water partition coefficient (Wildman–Crippen LogP) is 2.21. The van der Waals surface area contributed by atoms with E-state index in [1.165, 1.54) is 0 Å². The third-order valence-corrected chi connectivity index (χ3v) is 3.53. The standard InChI is InChI=1S/C13H24N2O3/c1-3-7-11(12(16)17)14-13(18)15-9-6-5-8-10(15)4-2/h10-11H,3-9H2,1-2H3,(H,14,18)(H,16,17)/t10?,11-/m1/s1. The average molecular weight is 256 g/mol. The minimum absolute atomic E-state index is 0.220. The lowest BCUT2D eigenvalue weighted by Gasteiger charge is -2.35. The summed E-state index contributed by atoms with van der Waals surface area (Å²) in [5, 5.41) is 11.7. The minimum Gasteiger partial charge on any atom is -0.480 e. The SMILES string of the molecule is CCC[C@@H](NC(=O)N1CCCCC1CC)C(=O)O. The lowest BCUT2D eigenvalue weighted by atomic mass is 10.0. The normalized spacial score (nSPS) is 21.4. The van der Waals surface area contributed by atoms with E-state index in [0.717, 1.165) is 38.6 Å². The molecule has 1 saturated heterocycles. The lowest BCUT2D eigenvalue weighted by molar-refractivity contribution is -0.139. The van der Waals surface area contributed by atoms with Gasteiger partial charge < -0.3 is 15.3 Å². The summed E-state index contributed by atoms with van der Waals surface area (Å²) in [4.78, 5) is 24.9. The molecular weight excluding hydrogens is 232 g/mol. The average Bonchev–Trinajstić information content (AvgIpc) is 2.37. The fraction of sp³-hybridized carbons (Fsp3) is 0.846. The smallest absolute Gasteiger partial charge is 0.326 e. The van der Waals surface area contributed by atoms with Gasteiger partial charge in [-0.05, 0) is 32.1 Å². The number of aliphatic carboxylic acids is 1. The molecule has 104 valence electrons. The molecule has 2 amide bonds. The largest absolute Gasteiger partial charge is 0.480 e. The van der Waals surface area contributed by atoms with Gasteiger partial charge in [-0.25, -0.2) is 9.59 Å². The van der Waals surface area contributed by atoms with Gasteiger partial charge in [0.2, 0.25) is 0 Å². The summed E-state index contributed by atoms with van der Waals surface area (Å²) in [6.07, 6.45) is 5.34. The van der Waals surface area contributed by atoms with Crippen molar-refractivity contribution in [2.45, 2.75) is 64.5 Å². The highest BCUT2D eigenvalue weighted by Crippen LogP contribution is 2.19. The van der Waals surface area contributed by atoms with Crippen molar-refractivity contribution in [1.29, 1.82) is 0 Å². The van der Waals surface area contributed by atoms with Crippen LogP contribution in [0, 0.1) is 0 Å². The van der Waals surface area contributed by atoms with Gasteiger partial charge >= 0.3 is 12.0 Å². The molecule has 2 N–H and O–H groups in total. The second-order valence-corrected chi connectivity index (χ2v) is 4.88. The Balaban J connectivity index is 2.58. The van der Waals surface area contributed by atoms with Crippen LogP contribution in [0.15, 0.2) is 0 Å². The summed E-state index contributed by atoms with van der Waals surface area (Å²) in [7, 11) is 0. The first-order valence-corrected chi connectivity index (χ1v) is 6.90. The fourth-order valence-electron chi connectivity index (χ4n) is 2.47.